The number of hydrogen-bond acceptors (Lipinski definition) is 2. The third kappa shape index (κ3) is 4.55. The van der Waals surface area contributed by atoms with Gasteiger partial charge in [-0.3, -0.25) is 4.90 Å². The summed E-state index contributed by atoms with van der Waals surface area (Å²) >= 11 is 0. The summed E-state index contributed by atoms with van der Waals surface area (Å²) in [6.07, 6.45) is 3.06. The Morgan fingerprint density at radius 3 is 2.28 bits per heavy atom. The van der Waals surface area contributed by atoms with E-state index in [4.69, 9.17) is 0 Å². The molecule has 108 valence electrons. The van der Waals surface area contributed by atoms with E-state index in [2.05, 4.69) is 46.4 Å². The van der Waals surface area contributed by atoms with Crippen LogP contribution in [0.25, 0.3) is 0 Å². The van der Waals surface area contributed by atoms with Crippen molar-refractivity contribution in [3.05, 3.63) is 0 Å². The van der Waals surface area contributed by atoms with Gasteiger partial charge in [-0.05, 0) is 43.1 Å². The fraction of sp³-hybridized carbons (Fsp3) is 1.00. The van der Waals surface area contributed by atoms with E-state index in [0.717, 1.165) is 37.8 Å². The van der Waals surface area contributed by atoms with Gasteiger partial charge in [-0.25, -0.2) is 0 Å². The monoisotopic (exact) mass is 255 g/mol. The molecule has 0 aromatic rings. The van der Waals surface area contributed by atoms with Gasteiger partial charge in [0.25, 0.3) is 0 Å². The molecule has 3 atom stereocenters. The fourth-order valence-electron chi connectivity index (χ4n) is 3.42. The van der Waals surface area contributed by atoms with Crippen molar-refractivity contribution in [2.45, 2.75) is 73.0 Å². The fourth-order valence-corrected chi connectivity index (χ4v) is 3.42. The standard InChI is InChI=1S/C16H33NO/c1-7-17(11-16(4,5)6)15-10-13(18)8-9-14(15)12(2)3/h12-15,18H,7-11H2,1-6H3. The Balaban J connectivity index is 2.78. The van der Waals surface area contributed by atoms with Crippen LogP contribution in [0.1, 0.15) is 60.8 Å². The summed E-state index contributed by atoms with van der Waals surface area (Å²) in [4.78, 5) is 2.60. The van der Waals surface area contributed by atoms with Crippen molar-refractivity contribution in [1.29, 1.82) is 0 Å². The van der Waals surface area contributed by atoms with Crippen molar-refractivity contribution in [3.63, 3.8) is 0 Å². The van der Waals surface area contributed by atoms with Crippen molar-refractivity contribution in [2.75, 3.05) is 13.1 Å². The number of aliphatic hydroxyl groups is 1. The van der Waals surface area contributed by atoms with Gasteiger partial charge >= 0.3 is 0 Å². The predicted molar refractivity (Wildman–Crippen MR) is 78.7 cm³/mol. The largest absolute Gasteiger partial charge is 0.393 e. The van der Waals surface area contributed by atoms with Crippen LogP contribution in [0.3, 0.4) is 0 Å². The second-order valence-corrected chi connectivity index (χ2v) is 7.57. The summed E-state index contributed by atoms with van der Waals surface area (Å²) in [6, 6.07) is 0.568. The van der Waals surface area contributed by atoms with Crippen LogP contribution in [0.5, 0.6) is 0 Å². The summed E-state index contributed by atoms with van der Waals surface area (Å²) in [5.41, 5.74) is 0.333. The zero-order valence-corrected chi connectivity index (χ0v) is 13.2. The van der Waals surface area contributed by atoms with Gasteiger partial charge in [-0.1, -0.05) is 41.5 Å². The predicted octanol–water partition coefficient (Wildman–Crippen LogP) is 3.54. The molecule has 0 radical (unpaired) electrons. The van der Waals surface area contributed by atoms with Crippen LogP contribution in [0.15, 0.2) is 0 Å². The minimum absolute atomic E-state index is 0.0842. The van der Waals surface area contributed by atoms with Gasteiger partial charge in [0.15, 0.2) is 0 Å². The lowest BCUT2D eigenvalue weighted by atomic mass is 9.75. The lowest BCUT2D eigenvalue weighted by molar-refractivity contribution is 0.00149. The first kappa shape index (κ1) is 16.0. The Hall–Kier alpha value is -0.0800. The van der Waals surface area contributed by atoms with Crippen LogP contribution in [-0.4, -0.2) is 35.2 Å². The lowest BCUT2D eigenvalue weighted by Gasteiger charge is -2.45. The van der Waals surface area contributed by atoms with Crippen molar-refractivity contribution in [2.24, 2.45) is 17.3 Å². The normalized spacial score (nSPS) is 30.2. The van der Waals surface area contributed by atoms with Crippen molar-refractivity contribution < 1.29 is 5.11 Å². The number of nitrogens with zero attached hydrogens (tertiary/aromatic N) is 1. The molecule has 2 nitrogen and oxygen atoms in total. The minimum Gasteiger partial charge on any atom is -0.393 e. The average molecular weight is 255 g/mol. The van der Waals surface area contributed by atoms with Gasteiger partial charge in [-0.15, -0.1) is 0 Å². The highest BCUT2D eigenvalue weighted by molar-refractivity contribution is 4.89. The number of aliphatic hydroxyl groups excluding tert-OH is 1. The molecule has 0 aromatic carbocycles. The molecular formula is C16H33NO. The number of hydrogen-bond donors (Lipinski definition) is 1. The van der Waals surface area contributed by atoms with Crippen LogP contribution < -0.4 is 0 Å². The van der Waals surface area contributed by atoms with Crippen LogP contribution >= 0.6 is 0 Å². The Morgan fingerprint density at radius 1 is 1.22 bits per heavy atom. The van der Waals surface area contributed by atoms with Crippen LogP contribution in [-0.2, 0) is 0 Å². The molecule has 18 heavy (non-hydrogen) atoms. The third-order valence-electron chi connectivity index (χ3n) is 4.25. The molecule has 1 aliphatic carbocycles. The quantitative estimate of drug-likeness (QED) is 0.830. The van der Waals surface area contributed by atoms with Gasteiger partial charge in [0, 0.05) is 12.6 Å². The van der Waals surface area contributed by atoms with E-state index >= 15 is 0 Å². The lowest BCUT2D eigenvalue weighted by Crippen LogP contribution is -2.49. The molecule has 1 rings (SSSR count). The second kappa shape index (κ2) is 6.38. The molecule has 1 fully saturated rings. The maximum atomic E-state index is 10.00. The summed E-state index contributed by atoms with van der Waals surface area (Å²) in [5.74, 6) is 1.47. The zero-order chi connectivity index (χ0) is 13.9. The van der Waals surface area contributed by atoms with Gasteiger partial charge in [0.1, 0.15) is 0 Å². The van der Waals surface area contributed by atoms with E-state index in [0.29, 0.717) is 11.5 Å². The van der Waals surface area contributed by atoms with Crippen LogP contribution in [0, 0.1) is 17.3 Å². The smallest absolute Gasteiger partial charge is 0.0555 e. The topological polar surface area (TPSA) is 23.5 Å². The Morgan fingerprint density at radius 2 is 1.83 bits per heavy atom. The van der Waals surface area contributed by atoms with E-state index < -0.39 is 0 Å². The highest BCUT2D eigenvalue weighted by atomic mass is 16.3. The van der Waals surface area contributed by atoms with E-state index in [1.54, 1.807) is 0 Å². The summed E-state index contributed by atoms with van der Waals surface area (Å²) in [5, 5.41) is 10.00. The first-order chi connectivity index (χ1) is 8.24. The van der Waals surface area contributed by atoms with Gasteiger partial charge in [0.05, 0.1) is 6.10 Å². The molecule has 0 bridgehead atoms. The molecule has 0 saturated heterocycles. The van der Waals surface area contributed by atoms with Crippen molar-refractivity contribution >= 4 is 0 Å². The zero-order valence-electron chi connectivity index (χ0n) is 13.2. The SMILES string of the molecule is CCN(CC(C)(C)C)C1CC(O)CCC1C(C)C. The average Bonchev–Trinajstić information content (AvgIpc) is 2.24. The van der Waals surface area contributed by atoms with E-state index in [1.807, 2.05) is 0 Å². The minimum atomic E-state index is -0.0842. The van der Waals surface area contributed by atoms with Crippen molar-refractivity contribution in [3.8, 4) is 0 Å². The van der Waals surface area contributed by atoms with E-state index in [-0.39, 0.29) is 6.10 Å². The van der Waals surface area contributed by atoms with Gasteiger partial charge in [-0.2, -0.15) is 0 Å². The molecular weight excluding hydrogens is 222 g/mol. The molecule has 1 N–H and O–H groups in total. The van der Waals surface area contributed by atoms with Crippen LogP contribution in [0.4, 0.5) is 0 Å². The third-order valence-corrected chi connectivity index (χ3v) is 4.25. The molecule has 0 spiro atoms. The molecule has 0 heterocycles. The highest BCUT2D eigenvalue weighted by Crippen LogP contribution is 2.35. The Labute approximate surface area is 114 Å². The molecule has 0 aliphatic heterocycles. The molecule has 1 saturated carbocycles. The van der Waals surface area contributed by atoms with E-state index in [1.165, 1.54) is 6.42 Å². The maximum absolute atomic E-state index is 10.00. The highest BCUT2D eigenvalue weighted by Gasteiger charge is 2.35. The van der Waals surface area contributed by atoms with Gasteiger partial charge < -0.3 is 5.11 Å². The molecule has 0 amide bonds. The Kier molecular flexibility index (Phi) is 5.67. The Bertz CT molecular complexity index is 244. The summed E-state index contributed by atoms with van der Waals surface area (Å²) < 4.78 is 0. The van der Waals surface area contributed by atoms with E-state index in [9.17, 15) is 5.11 Å². The molecule has 1 aliphatic rings. The first-order valence-electron chi connectivity index (χ1n) is 7.66. The van der Waals surface area contributed by atoms with Crippen molar-refractivity contribution in [1.82, 2.24) is 4.90 Å². The molecule has 2 heteroatoms. The number of rotatable bonds is 4. The maximum Gasteiger partial charge on any atom is 0.0555 e. The summed E-state index contributed by atoms with van der Waals surface area (Å²) in [6.45, 7) is 16.1. The molecule has 0 aromatic heterocycles. The summed E-state index contributed by atoms with van der Waals surface area (Å²) in [7, 11) is 0. The van der Waals surface area contributed by atoms with Gasteiger partial charge in [0.2, 0.25) is 0 Å². The van der Waals surface area contributed by atoms with Crippen LogP contribution in [0.2, 0.25) is 0 Å². The second-order valence-electron chi connectivity index (χ2n) is 7.57. The molecule has 3 unspecified atom stereocenters. The first-order valence-corrected chi connectivity index (χ1v) is 7.66.